The van der Waals surface area contributed by atoms with Gasteiger partial charge in [-0.05, 0) is 31.0 Å². The van der Waals surface area contributed by atoms with Crippen molar-refractivity contribution < 1.29 is 22.7 Å². The second-order valence-corrected chi connectivity index (χ2v) is 5.80. The average Bonchev–Trinajstić information content (AvgIpc) is 3.14. The maximum absolute atomic E-state index is 12.6. The van der Waals surface area contributed by atoms with Crippen LogP contribution in [0.3, 0.4) is 0 Å². The second-order valence-electron chi connectivity index (χ2n) is 5.54. The van der Waals surface area contributed by atoms with E-state index in [4.69, 9.17) is 16.3 Å². The molecule has 2 rings (SSSR count). The summed E-state index contributed by atoms with van der Waals surface area (Å²) in [6.07, 6.45) is -1.39. The molecule has 0 aliphatic rings. The van der Waals surface area contributed by atoms with Gasteiger partial charge in [0.15, 0.2) is 6.61 Å². The number of anilines is 1. The molecule has 0 N–H and O–H groups in total. The van der Waals surface area contributed by atoms with Gasteiger partial charge >= 0.3 is 6.18 Å². The summed E-state index contributed by atoms with van der Waals surface area (Å²) >= 11 is 5.76. The lowest BCUT2D eigenvalue weighted by Crippen LogP contribution is -2.38. The first-order valence-electron chi connectivity index (χ1n) is 7.97. The van der Waals surface area contributed by atoms with Crippen LogP contribution >= 0.6 is 11.6 Å². The minimum absolute atomic E-state index is 0.0286. The third-order valence-electron chi connectivity index (χ3n) is 3.76. The molecule has 1 aromatic heterocycles. The van der Waals surface area contributed by atoms with E-state index in [9.17, 15) is 18.0 Å². The van der Waals surface area contributed by atoms with Gasteiger partial charge in [-0.2, -0.15) is 18.3 Å². The van der Waals surface area contributed by atoms with Crippen LogP contribution in [0.2, 0.25) is 0 Å². The maximum atomic E-state index is 12.6. The number of amides is 1. The summed E-state index contributed by atoms with van der Waals surface area (Å²) in [5.41, 5.74) is 0.940. The van der Waals surface area contributed by atoms with Crippen LogP contribution in [0.1, 0.15) is 25.6 Å². The molecule has 0 aliphatic carbocycles. The van der Waals surface area contributed by atoms with Crippen LogP contribution in [0.25, 0.3) is 0 Å². The van der Waals surface area contributed by atoms with Crippen molar-refractivity contribution in [3.63, 3.8) is 0 Å². The number of aryl methyl sites for hydroxylation is 1. The molecule has 1 heterocycles. The summed E-state index contributed by atoms with van der Waals surface area (Å²) in [5, 5.41) is 4.11. The number of aromatic nitrogens is 2. The second kappa shape index (κ2) is 8.44. The Labute approximate surface area is 154 Å². The number of carbonyl (C=O) groups is 1. The van der Waals surface area contributed by atoms with Crippen LogP contribution in [-0.4, -0.2) is 34.4 Å². The van der Waals surface area contributed by atoms with Crippen LogP contribution in [0, 0.1) is 0 Å². The molecule has 0 radical (unpaired) electrons. The highest BCUT2D eigenvalue weighted by Crippen LogP contribution is 2.37. The van der Waals surface area contributed by atoms with Crippen LogP contribution in [-0.2, 0) is 11.2 Å². The minimum atomic E-state index is -4.49. The van der Waals surface area contributed by atoms with Gasteiger partial charge in [-0.15, -0.1) is 11.6 Å². The Bertz CT molecular complexity index is 735. The van der Waals surface area contributed by atoms with Crippen molar-refractivity contribution in [2.75, 3.05) is 17.4 Å². The number of halogens is 4. The van der Waals surface area contributed by atoms with E-state index in [-0.39, 0.29) is 17.3 Å². The zero-order valence-electron chi connectivity index (χ0n) is 14.3. The minimum Gasteiger partial charge on any atom is -0.482 e. The first-order valence-corrected chi connectivity index (χ1v) is 8.50. The van der Waals surface area contributed by atoms with E-state index < -0.39 is 24.9 Å². The number of hydrogen-bond donors (Lipinski definition) is 0. The van der Waals surface area contributed by atoms with Gasteiger partial charge in [0.1, 0.15) is 17.8 Å². The predicted molar refractivity (Wildman–Crippen MR) is 92.5 cm³/mol. The molecule has 1 aromatic carbocycles. The zero-order valence-corrected chi connectivity index (χ0v) is 15.1. The van der Waals surface area contributed by atoms with Crippen molar-refractivity contribution in [3.8, 4) is 5.75 Å². The standard InChI is InChI=1S/C17H19ClF3N3O2/c1-3-13-6-4-7-14(26-11-17(19,20)21)16(13)24(15(25)10-18)12(2)23-9-5-8-22-23/h4-9,12H,3,10-11H2,1-2H3. The van der Waals surface area contributed by atoms with E-state index in [1.807, 2.05) is 6.92 Å². The summed E-state index contributed by atoms with van der Waals surface area (Å²) in [4.78, 5) is 13.9. The fourth-order valence-electron chi connectivity index (χ4n) is 2.61. The highest BCUT2D eigenvalue weighted by atomic mass is 35.5. The fourth-order valence-corrected chi connectivity index (χ4v) is 2.74. The normalized spacial score (nSPS) is 12.7. The Balaban J connectivity index is 2.53. The molecule has 142 valence electrons. The summed E-state index contributed by atoms with van der Waals surface area (Å²) < 4.78 is 44.4. The molecule has 0 saturated carbocycles. The summed E-state index contributed by atoms with van der Waals surface area (Å²) in [6, 6.07) is 6.42. The number of rotatable bonds is 7. The SMILES string of the molecule is CCc1cccc(OCC(F)(F)F)c1N(C(=O)CCl)C(C)n1cccn1. The third kappa shape index (κ3) is 4.69. The molecule has 0 fully saturated rings. The van der Waals surface area contributed by atoms with Crippen molar-refractivity contribution in [1.82, 2.24) is 9.78 Å². The predicted octanol–water partition coefficient (Wildman–Crippen LogP) is 4.18. The molecule has 1 atom stereocenters. The summed E-state index contributed by atoms with van der Waals surface area (Å²) in [6.45, 7) is 2.10. The first-order chi connectivity index (χ1) is 12.3. The van der Waals surface area contributed by atoms with Crippen molar-refractivity contribution in [2.45, 2.75) is 32.6 Å². The zero-order chi connectivity index (χ0) is 19.3. The lowest BCUT2D eigenvalue weighted by Gasteiger charge is -2.32. The highest BCUT2D eigenvalue weighted by Gasteiger charge is 2.32. The number of para-hydroxylation sites is 1. The van der Waals surface area contributed by atoms with Crippen LogP contribution < -0.4 is 9.64 Å². The van der Waals surface area contributed by atoms with Gasteiger partial charge in [0.2, 0.25) is 5.91 Å². The maximum Gasteiger partial charge on any atom is 0.422 e. The third-order valence-corrected chi connectivity index (χ3v) is 3.99. The topological polar surface area (TPSA) is 47.4 Å². The molecule has 0 bridgehead atoms. The molecule has 0 aliphatic heterocycles. The lowest BCUT2D eigenvalue weighted by atomic mass is 10.1. The molecular weight excluding hydrogens is 371 g/mol. The Morgan fingerprint density at radius 1 is 1.38 bits per heavy atom. The number of nitrogens with zero attached hydrogens (tertiary/aromatic N) is 3. The molecular formula is C17H19ClF3N3O2. The van der Waals surface area contributed by atoms with E-state index in [0.717, 1.165) is 0 Å². The number of alkyl halides is 4. The molecule has 26 heavy (non-hydrogen) atoms. The number of benzene rings is 1. The summed E-state index contributed by atoms with van der Waals surface area (Å²) in [7, 11) is 0. The van der Waals surface area contributed by atoms with Gasteiger partial charge in [0.05, 0.1) is 5.69 Å². The van der Waals surface area contributed by atoms with Gasteiger partial charge in [0.25, 0.3) is 0 Å². The first kappa shape index (κ1) is 20.1. The Kier molecular flexibility index (Phi) is 6.52. The van der Waals surface area contributed by atoms with Gasteiger partial charge in [-0.1, -0.05) is 19.1 Å². The smallest absolute Gasteiger partial charge is 0.422 e. The molecule has 1 amide bonds. The van der Waals surface area contributed by atoms with Crippen LogP contribution in [0.4, 0.5) is 18.9 Å². The van der Waals surface area contributed by atoms with E-state index in [0.29, 0.717) is 12.0 Å². The van der Waals surface area contributed by atoms with Gasteiger partial charge in [0, 0.05) is 12.4 Å². The Hall–Kier alpha value is -2.22. The van der Waals surface area contributed by atoms with E-state index in [1.54, 1.807) is 37.5 Å². The fraction of sp³-hybridized carbons (Fsp3) is 0.412. The molecule has 5 nitrogen and oxygen atoms in total. The molecule has 9 heteroatoms. The average molecular weight is 390 g/mol. The number of carbonyl (C=O) groups excluding carboxylic acids is 1. The lowest BCUT2D eigenvalue weighted by molar-refractivity contribution is -0.153. The van der Waals surface area contributed by atoms with Gasteiger partial charge in [-0.25, -0.2) is 4.68 Å². The Morgan fingerprint density at radius 2 is 2.12 bits per heavy atom. The van der Waals surface area contributed by atoms with E-state index in [1.165, 1.54) is 15.6 Å². The highest BCUT2D eigenvalue weighted by molar-refractivity contribution is 6.29. The van der Waals surface area contributed by atoms with Crippen LogP contribution in [0.5, 0.6) is 5.75 Å². The monoisotopic (exact) mass is 389 g/mol. The Morgan fingerprint density at radius 3 is 2.65 bits per heavy atom. The van der Waals surface area contributed by atoms with Crippen LogP contribution in [0.15, 0.2) is 36.7 Å². The quantitative estimate of drug-likeness (QED) is 0.667. The largest absolute Gasteiger partial charge is 0.482 e. The number of hydrogen-bond acceptors (Lipinski definition) is 3. The van der Waals surface area contributed by atoms with Crippen molar-refractivity contribution in [2.24, 2.45) is 0 Å². The van der Waals surface area contributed by atoms with Crippen molar-refractivity contribution in [1.29, 1.82) is 0 Å². The van der Waals surface area contributed by atoms with Gasteiger partial charge in [-0.3, -0.25) is 9.69 Å². The number of ether oxygens (including phenoxy) is 1. The van der Waals surface area contributed by atoms with Crippen molar-refractivity contribution >= 4 is 23.2 Å². The molecule has 2 aromatic rings. The van der Waals surface area contributed by atoms with Gasteiger partial charge < -0.3 is 4.74 Å². The van der Waals surface area contributed by atoms with E-state index in [2.05, 4.69) is 5.10 Å². The molecule has 1 unspecified atom stereocenters. The van der Waals surface area contributed by atoms with Crippen molar-refractivity contribution in [3.05, 3.63) is 42.2 Å². The summed E-state index contributed by atoms with van der Waals surface area (Å²) in [5.74, 6) is -0.825. The molecule has 0 saturated heterocycles. The molecule has 0 spiro atoms. The van der Waals surface area contributed by atoms with E-state index >= 15 is 0 Å².